The highest BCUT2D eigenvalue weighted by Crippen LogP contribution is 2.24. The van der Waals surface area contributed by atoms with Crippen LogP contribution in [0.25, 0.3) is 22.0 Å². The summed E-state index contributed by atoms with van der Waals surface area (Å²) >= 11 is 0. The summed E-state index contributed by atoms with van der Waals surface area (Å²) < 4.78 is 0. The van der Waals surface area contributed by atoms with Gasteiger partial charge in [-0.3, -0.25) is 9.89 Å². The van der Waals surface area contributed by atoms with E-state index < -0.39 is 5.91 Å². The van der Waals surface area contributed by atoms with Crippen molar-refractivity contribution in [1.29, 1.82) is 0 Å². The van der Waals surface area contributed by atoms with Crippen LogP contribution in [0.15, 0.2) is 71.8 Å². The van der Waals surface area contributed by atoms with Gasteiger partial charge in [-0.1, -0.05) is 36.4 Å². The highest BCUT2D eigenvalue weighted by Gasteiger charge is 2.11. The van der Waals surface area contributed by atoms with Crippen molar-refractivity contribution in [2.75, 3.05) is 18.0 Å². The number of rotatable bonds is 7. The summed E-state index contributed by atoms with van der Waals surface area (Å²) in [5.74, 6) is -0.312. The number of fused-ring (bicyclic) bond motifs is 1. The van der Waals surface area contributed by atoms with Gasteiger partial charge in [0.2, 0.25) is 0 Å². The van der Waals surface area contributed by atoms with Crippen LogP contribution in [0, 0.1) is 0 Å². The molecule has 0 saturated heterocycles. The van der Waals surface area contributed by atoms with Crippen molar-refractivity contribution in [1.82, 2.24) is 15.6 Å². The van der Waals surface area contributed by atoms with Crippen molar-refractivity contribution in [3.63, 3.8) is 0 Å². The summed E-state index contributed by atoms with van der Waals surface area (Å²) in [6.45, 7) is 5.83. The van der Waals surface area contributed by atoms with Crippen molar-refractivity contribution in [3.05, 3.63) is 78.0 Å². The molecule has 0 atom stereocenters. The van der Waals surface area contributed by atoms with Crippen molar-refractivity contribution in [2.24, 2.45) is 5.10 Å². The van der Waals surface area contributed by atoms with Crippen LogP contribution in [-0.4, -0.2) is 40.5 Å². The van der Waals surface area contributed by atoms with E-state index in [9.17, 15) is 9.90 Å². The molecule has 0 radical (unpaired) electrons. The lowest BCUT2D eigenvalue weighted by molar-refractivity contribution is 0.0950. The summed E-state index contributed by atoms with van der Waals surface area (Å²) in [6.07, 6.45) is 1.42. The topological polar surface area (TPSA) is 93.6 Å². The Morgan fingerprint density at radius 3 is 2.59 bits per heavy atom. The summed E-state index contributed by atoms with van der Waals surface area (Å²) in [6, 6.07) is 21.2. The first-order chi connectivity index (χ1) is 15.6. The number of phenols is 1. The van der Waals surface area contributed by atoms with Crippen molar-refractivity contribution >= 4 is 28.6 Å². The Kier molecular flexibility index (Phi) is 6.17. The van der Waals surface area contributed by atoms with E-state index in [-0.39, 0.29) is 5.75 Å². The van der Waals surface area contributed by atoms with E-state index in [2.05, 4.69) is 45.5 Å². The summed E-state index contributed by atoms with van der Waals surface area (Å²) in [4.78, 5) is 14.6. The molecule has 0 saturated carbocycles. The minimum Gasteiger partial charge on any atom is -0.507 e. The van der Waals surface area contributed by atoms with E-state index in [1.807, 2.05) is 42.5 Å². The van der Waals surface area contributed by atoms with Crippen LogP contribution >= 0.6 is 0 Å². The molecule has 7 nitrogen and oxygen atoms in total. The van der Waals surface area contributed by atoms with Crippen molar-refractivity contribution < 1.29 is 9.90 Å². The third-order valence-corrected chi connectivity index (χ3v) is 5.38. The Hall–Kier alpha value is -4.13. The lowest BCUT2D eigenvalue weighted by Gasteiger charge is -2.21. The molecule has 162 valence electrons. The molecule has 1 amide bonds. The minimum atomic E-state index is -0.417. The quantitative estimate of drug-likeness (QED) is 0.298. The lowest BCUT2D eigenvalue weighted by Crippen LogP contribution is -2.21. The molecule has 0 spiro atoms. The number of phenolic OH excluding ortho intramolecular Hbond substituents is 1. The number of aromatic amines is 1. The van der Waals surface area contributed by atoms with Gasteiger partial charge < -0.3 is 10.0 Å². The average Bonchev–Trinajstić information content (AvgIpc) is 3.31. The normalized spacial score (nSPS) is 11.2. The number of carbonyl (C=O) groups is 1. The van der Waals surface area contributed by atoms with Crippen molar-refractivity contribution in [2.45, 2.75) is 13.8 Å². The summed E-state index contributed by atoms with van der Waals surface area (Å²) in [7, 11) is 0. The molecular formula is C25H25N5O2. The van der Waals surface area contributed by atoms with E-state index >= 15 is 0 Å². The third-order valence-electron chi connectivity index (χ3n) is 5.38. The molecule has 0 aliphatic carbocycles. The molecule has 0 bridgehead atoms. The Morgan fingerprint density at radius 1 is 1.06 bits per heavy atom. The molecular weight excluding hydrogens is 402 g/mol. The van der Waals surface area contributed by atoms with E-state index in [1.54, 1.807) is 18.2 Å². The van der Waals surface area contributed by atoms with Gasteiger partial charge in [0.15, 0.2) is 0 Å². The number of aromatic nitrogens is 2. The van der Waals surface area contributed by atoms with Crippen LogP contribution in [-0.2, 0) is 0 Å². The first-order valence-electron chi connectivity index (χ1n) is 10.5. The SMILES string of the molecule is CCN(CC)c1ccc(/C=N/NC(=O)c2cc(-c3ccc4ccccc4c3)n[nH]2)c(O)c1. The van der Waals surface area contributed by atoms with E-state index in [1.165, 1.54) is 6.21 Å². The Balaban J connectivity index is 1.43. The molecule has 0 unspecified atom stereocenters. The molecule has 7 heteroatoms. The lowest BCUT2D eigenvalue weighted by atomic mass is 10.1. The minimum absolute atomic E-state index is 0.104. The number of hydrogen-bond acceptors (Lipinski definition) is 5. The van der Waals surface area contributed by atoms with Crippen LogP contribution in [0.2, 0.25) is 0 Å². The van der Waals surface area contributed by atoms with Crippen LogP contribution in [0.3, 0.4) is 0 Å². The van der Waals surface area contributed by atoms with Gasteiger partial charge >= 0.3 is 0 Å². The monoisotopic (exact) mass is 427 g/mol. The molecule has 0 aliphatic rings. The molecule has 1 heterocycles. The highest BCUT2D eigenvalue weighted by atomic mass is 16.3. The Morgan fingerprint density at radius 2 is 1.84 bits per heavy atom. The van der Waals surface area contributed by atoms with Crippen LogP contribution in [0.5, 0.6) is 5.75 Å². The maximum atomic E-state index is 12.4. The second-order valence-electron chi connectivity index (χ2n) is 7.34. The maximum absolute atomic E-state index is 12.4. The fourth-order valence-corrected chi connectivity index (χ4v) is 3.58. The molecule has 3 aromatic carbocycles. The predicted octanol–water partition coefficient (Wildman–Crippen LogP) is 4.55. The predicted molar refractivity (Wildman–Crippen MR) is 128 cm³/mol. The number of hydrazone groups is 1. The average molecular weight is 428 g/mol. The molecule has 32 heavy (non-hydrogen) atoms. The number of H-pyrrole nitrogens is 1. The van der Waals surface area contributed by atoms with E-state index in [0.717, 1.165) is 35.1 Å². The van der Waals surface area contributed by atoms with Gasteiger partial charge in [-0.15, -0.1) is 0 Å². The number of nitrogens with one attached hydrogen (secondary N) is 2. The third kappa shape index (κ3) is 4.46. The first kappa shape index (κ1) is 21.1. The van der Waals surface area contributed by atoms with Gasteiger partial charge in [0, 0.05) is 36.0 Å². The second kappa shape index (κ2) is 9.34. The number of benzene rings is 3. The number of carbonyl (C=O) groups excluding carboxylic acids is 1. The van der Waals surface area contributed by atoms with Gasteiger partial charge in [0.1, 0.15) is 11.4 Å². The summed E-state index contributed by atoms with van der Waals surface area (Å²) in [5.41, 5.74) is 5.81. The number of hydrogen-bond donors (Lipinski definition) is 3. The zero-order valence-electron chi connectivity index (χ0n) is 18.0. The van der Waals surface area contributed by atoms with Crippen LogP contribution in [0.4, 0.5) is 5.69 Å². The molecule has 1 aromatic heterocycles. The largest absolute Gasteiger partial charge is 0.507 e. The summed E-state index contributed by atoms with van der Waals surface area (Å²) in [5, 5.41) is 23.5. The zero-order valence-corrected chi connectivity index (χ0v) is 18.0. The highest BCUT2D eigenvalue weighted by molar-refractivity contribution is 5.95. The number of anilines is 1. The molecule has 4 rings (SSSR count). The Labute approximate surface area is 186 Å². The Bertz CT molecular complexity index is 1270. The smallest absolute Gasteiger partial charge is 0.289 e. The van der Waals surface area contributed by atoms with Crippen LogP contribution < -0.4 is 10.3 Å². The second-order valence-corrected chi connectivity index (χ2v) is 7.34. The van der Waals surface area contributed by atoms with Gasteiger partial charge in [0.05, 0.1) is 11.9 Å². The number of amides is 1. The van der Waals surface area contributed by atoms with Crippen molar-refractivity contribution in [3.8, 4) is 17.0 Å². The molecule has 4 aromatic rings. The van der Waals surface area contributed by atoms with Gasteiger partial charge in [-0.25, -0.2) is 5.43 Å². The number of nitrogens with zero attached hydrogens (tertiary/aromatic N) is 3. The zero-order chi connectivity index (χ0) is 22.5. The fourth-order valence-electron chi connectivity index (χ4n) is 3.58. The molecule has 0 fully saturated rings. The maximum Gasteiger partial charge on any atom is 0.289 e. The van der Waals surface area contributed by atoms with Gasteiger partial charge in [-0.05, 0) is 48.9 Å². The van der Waals surface area contributed by atoms with Gasteiger partial charge in [0.25, 0.3) is 5.91 Å². The first-order valence-corrected chi connectivity index (χ1v) is 10.5. The molecule has 3 N–H and O–H groups in total. The molecule has 0 aliphatic heterocycles. The standard InChI is InChI=1S/C25H25N5O2/c1-3-30(4-2)21-12-11-20(24(31)14-21)16-26-29-25(32)23-15-22(27-28-23)19-10-9-17-7-5-6-8-18(17)13-19/h5-16,31H,3-4H2,1-2H3,(H,27,28)(H,29,32)/b26-16+. The van der Waals surface area contributed by atoms with E-state index in [4.69, 9.17) is 0 Å². The van der Waals surface area contributed by atoms with Gasteiger partial charge in [-0.2, -0.15) is 10.2 Å². The number of aromatic hydroxyl groups is 1. The van der Waals surface area contributed by atoms with Crippen LogP contribution in [0.1, 0.15) is 29.9 Å². The van der Waals surface area contributed by atoms with E-state index in [0.29, 0.717) is 17.0 Å². The fraction of sp³-hybridized carbons (Fsp3) is 0.160.